The summed E-state index contributed by atoms with van der Waals surface area (Å²) in [6, 6.07) is 0. The third-order valence-electron chi connectivity index (χ3n) is 2.46. The molecule has 0 spiro atoms. The van der Waals surface area contributed by atoms with Crippen LogP contribution in [0, 0.1) is 11.5 Å². The fraction of sp³-hybridized carbons (Fsp3) is 0.684. The molecule has 0 heterocycles. The zero-order valence-corrected chi connectivity index (χ0v) is 19.0. The first-order chi connectivity index (χ1) is 9.92. The molecule has 0 amide bonds. The number of hydrogen-bond donors (Lipinski definition) is 1. The molecule has 0 saturated carbocycles. The maximum atomic E-state index is 3.50. The van der Waals surface area contributed by atoms with Crippen LogP contribution in [0.2, 0.25) is 0 Å². The molecule has 0 bridgehead atoms. The van der Waals surface area contributed by atoms with E-state index in [9.17, 15) is 0 Å². The van der Waals surface area contributed by atoms with E-state index in [-0.39, 0.29) is 32.0 Å². The van der Waals surface area contributed by atoms with Gasteiger partial charge in [-0.25, -0.2) is 0 Å². The largest absolute Gasteiger partial charge is 3.00 e. The molecule has 0 aromatic heterocycles. The Morgan fingerprint density at radius 1 is 0.913 bits per heavy atom. The normalized spacial score (nSPS) is 15.3. The molecule has 133 valence electrons. The Bertz CT molecular complexity index is 392. The minimum Gasteiger partial charge on any atom is -0.668 e. The van der Waals surface area contributed by atoms with Crippen molar-refractivity contribution in [3.05, 3.63) is 45.7 Å². The van der Waals surface area contributed by atoms with Gasteiger partial charge in [-0.1, -0.05) is 33.4 Å². The van der Waals surface area contributed by atoms with Gasteiger partial charge in [-0.2, -0.15) is 40.3 Å². The Hall–Kier alpha value is -0.372. The predicted molar refractivity (Wildman–Crippen MR) is 101 cm³/mol. The quantitative estimate of drug-likeness (QED) is 0.473. The van der Waals surface area contributed by atoms with Gasteiger partial charge in [0.05, 0.1) is 0 Å². The molecular weight excluding hydrogens is 366 g/mol. The van der Waals surface area contributed by atoms with Gasteiger partial charge in [0, 0.05) is 5.54 Å². The maximum absolute atomic E-state index is 3.50. The van der Waals surface area contributed by atoms with Crippen LogP contribution in [0.4, 0.5) is 0 Å². The summed E-state index contributed by atoms with van der Waals surface area (Å²) >= 11 is 0. The molecule has 3 nitrogen and oxygen atoms in total. The van der Waals surface area contributed by atoms with Crippen molar-refractivity contribution in [3.63, 3.8) is 0 Å². The SMILES string of the molecule is CC(NC(C)(C)C)=C1[C-]=C(C(C)(C)C)C=C1.C[N-]C.C[N-]C.[Mo+3]. The van der Waals surface area contributed by atoms with Crippen LogP contribution in [0.3, 0.4) is 0 Å². The minimum absolute atomic E-state index is 0. The summed E-state index contributed by atoms with van der Waals surface area (Å²) in [6.07, 6.45) is 7.79. The van der Waals surface area contributed by atoms with Crippen molar-refractivity contribution in [2.75, 3.05) is 28.2 Å². The third-order valence-corrected chi connectivity index (χ3v) is 2.46. The molecule has 4 heteroatoms. The van der Waals surface area contributed by atoms with E-state index in [0.29, 0.717) is 0 Å². The fourth-order valence-corrected chi connectivity index (χ4v) is 1.68. The molecule has 23 heavy (non-hydrogen) atoms. The van der Waals surface area contributed by atoms with Crippen LogP contribution in [0.5, 0.6) is 0 Å². The molecular formula is C19H36MoN3. The zero-order valence-electron chi connectivity index (χ0n) is 17.0. The van der Waals surface area contributed by atoms with Crippen molar-refractivity contribution < 1.29 is 21.1 Å². The Morgan fingerprint density at radius 2 is 1.30 bits per heavy atom. The van der Waals surface area contributed by atoms with Gasteiger partial charge in [0.2, 0.25) is 0 Å². The summed E-state index contributed by atoms with van der Waals surface area (Å²) < 4.78 is 0. The van der Waals surface area contributed by atoms with Crippen molar-refractivity contribution in [1.29, 1.82) is 0 Å². The first-order valence-corrected chi connectivity index (χ1v) is 7.70. The van der Waals surface area contributed by atoms with Crippen LogP contribution in [-0.4, -0.2) is 33.7 Å². The summed E-state index contributed by atoms with van der Waals surface area (Å²) in [6.45, 7) is 15.3. The van der Waals surface area contributed by atoms with Crippen LogP contribution >= 0.6 is 0 Å². The molecule has 0 fully saturated rings. The molecule has 0 unspecified atom stereocenters. The molecule has 1 radical (unpaired) electrons. The van der Waals surface area contributed by atoms with E-state index < -0.39 is 0 Å². The molecule has 0 aromatic carbocycles. The second kappa shape index (κ2) is 13.0. The number of rotatable bonds is 1. The molecule has 1 N–H and O–H groups in total. The number of hydrogen-bond acceptors (Lipinski definition) is 1. The van der Waals surface area contributed by atoms with Crippen molar-refractivity contribution in [1.82, 2.24) is 5.32 Å². The van der Waals surface area contributed by atoms with E-state index >= 15 is 0 Å². The van der Waals surface area contributed by atoms with Gasteiger partial charge < -0.3 is 16.0 Å². The number of nitrogens with one attached hydrogen (secondary N) is 1. The summed E-state index contributed by atoms with van der Waals surface area (Å²) in [7, 11) is 7.00. The van der Waals surface area contributed by atoms with Crippen molar-refractivity contribution in [2.45, 2.75) is 54.0 Å². The zero-order chi connectivity index (χ0) is 18.0. The van der Waals surface area contributed by atoms with Crippen LogP contribution in [0.1, 0.15) is 48.5 Å². The number of nitrogens with zero attached hydrogens (tertiary/aromatic N) is 2. The summed E-state index contributed by atoms with van der Waals surface area (Å²) in [4.78, 5) is 0. The first kappa shape index (κ1) is 27.5. The molecule has 1 aliphatic carbocycles. The molecule has 0 aromatic rings. The Morgan fingerprint density at radius 3 is 1.57 bits per heavy atom. The van der Waals surface area contributed by atoms with E-state index in [0.717, 1.165) is 0 Å². The van der Waals surface area contributed by atoms with Crippen LogP contribution in [0.25, 0.3) is 10.6 Å². The van der Waals surface area contributed by atoms with Gasteiger partial charge in [0.15, 0.2) is 0 Å². The average molecular weight is 402 g/mol. The van der Waals surface area contributed by atoms with Crippen molar-refractivity contribution in [2.24, 2.45) is 5.41 Å². The van der Waals surface area contributed by atoms with E-state index in [4.69, 9.17) is 0 Å². The predicted octanol–water partition coefficient (Wildman–Crippen LogP) is 5.23. The Labute approximate surface area is 159 Å². The van der Waals surface area contributed by atoms with Gasteiger partial charge in [-0.3, -0.25) is 0 Å². The molecule has 0 aliphatic heterocycles. The third kappa shape index (κ3) is 14.9. The molecule has 0 atom stereocenters. The van der Waals surface area contributed by atoms with E-state index in [1.54, 1.807) is 28.2 Å². The minimum atomic E-state index is 0. The second-order valence-corrected chi connectivity index (χ2v) is 7.43. The summed E-state index contributed by atoms with van der Waals surface area (Å²) in [5.74, 6) is 0. The number of allylic oxidation sites excluding steroid dienone is 6. The second-order valence-electron chi connectivity index (χ2n) is 7.43. The smallest absolute Gasteiger partial charge is 0.668 e. The van der Waals surface area contributed by atoms with Crippen molar-refractivity contribution in [3.8, 4) is 0 Å². The standard InChI is InChI=1S/C15H24N.2C2H6N.Mo/c1-11(16-15(5,6)7)12-8-9-13(10-12)14(2,3)4;2*1-3-2;/h8-9,16H,1-7H3;2*1-2H3;/q3*-1;+3. The van der Waals surface area contributed by atoms with Gasteiger partial charge in [-0.05, 0) is 26.2 Å². The van der Waals surface area contributed by atoms with E-state index in [2.05, 4.69) is 82.6 Å². The van der Waals surface area contributed by atoms with Gasteiger partial charge in [0.1, 0.15) is 0 Å². The Balaban J connectivity index is -0.000000497. The van der Waals surface area contributed by atoms with Crippen LogP contribution in [0.15, 0.2) is 29.0 Å². The summed E-state index contributed by atoms with van der Waals surface area (Å²) in [5, 5.41) is 10.5. The Kier molecular flexibility index (Phi) is 15.5. The van der Waals surface area contributed by atoms with Gasteiger partial charge in [0.25, 0.3) is 0 Å². The van der Waals surface area contributed by atoms with Crippen LogP contribution in [-0.2, 0) is 21.1 Å². The van der Waals surface area contributed by atoms with E-state index in [1.807, 2.05) is 0 Å². The summed E-state index contributed by atoms with van der Waals surface area (Å²) in [5.41, 5.74) is 3.94. The van der Waals surface area contributed by atoms with Gasteiger partial charge >= 0.3 is 21.1 Å². The van der Waals surface area contributed by atoms with Gasteiger partial charge in [-0.15, -0.1) is 17.2 Å². The molecule has 1 rings (SSSR count). The fourth-order valence-electron chi connectivity index (χ4n) is 1.68. The average Bonchev–Trinajstić information content (AvgIpc) is 2.77. The van der Waals surface area contributed by atoms with E-state index in [1.165, 1.54) is 16.8 Å². The molecule has 1 aliphatic rings. The maximum Gasteiger partial charge on any atom is 3.00 e. The van der Waals surface area contributed by atoms with Crippen molar-refractivity contribution >= 4 is 0 Å². The topological polar surface area (TPSA) is 40.2 Å². The van der Waals surface area contributed by atoms with Crippen LogP contribution < -0.4 is 5.32 Å². The first-order valence-electron chi connectivity index (χ1n) is 7.70. The molecule has 0 saturated heterocycles. The monoisotopic (exact) mass is 404 g/mol.